The molecule has 0 fully saturated rings. The Bertz CT molecular complexity index is 993. The van der Waals surface area contributed by atoms with Crippen LogP contribution in [0.15, 0.2) is 23.0 Å². The second-order valence-corrected chi connectivity index (χ2v) is 6.31. The van der Waals surface area contributed by atoms with Gasteiger partial charge in [0.15, 0.2) is 11.5 Å². The number of hydrogen-bond donors (Lipinski definition) is 2. The molecular formula is C19H25N5O3. The van der Waals surface area contributed by atoms with Gasteiger partial charge in [0.05, 0.1) is 20.3 Å². The third-order valence-corrected chi connectivity index (χ3v) is 4.45. The Morgan fingerprint density at radius 3 is 2.78 bits per heavy atom. The fraction of sp³-hybridized carbons (Fsp3) is 0.421. The standard InChI is InChI=1S/C19H25N5O3/c1-4-6-9-27-18-22-16(20)15-17(23-18)24(19(25)21-15)11-13-8-7-12(5-2)10-14(13)26-3/h7-8,10H,4-6,9,11H2,1-3H3,(H,21,25)(H2,20,22,23). The molecule has 8 nitrogen and oxygen atoms in total. The normalized spacial score (nSPS) is 11.1. The minimum absolute atomic E-state index is 0.175. The number of H-pyrrole nitrogens is 1. The zero-order valence-electron chi connectivity index (χ0n) is 15.9. The van der Waals surface area contributed by atoms with Crippen LogP contribution in [-0.4, -0.2) is 33.2 Å². The Hall–Kier alpha value is -3.03. The first kappa shape index (κ1) is 18.8. The lowest BCUT2D eigenvalue weighted by molar-refractivity contribution is 0.286. The molecular weight excluding hydrogens is 346 g/mol. The molecule has 8 heteroatoms. The van der Waals surface area contributed by atoms with Crippen LogP contribution in [0.2, 0.25) is 0 Å². The lowest BCUT2D eigenvalue weighted by Gasteiger charge is -2.11. The van der Waals surface area contributed by atoms with Crippen molar-refractivity contribution in [2.45, 2.75) is 39.7 Å². The number of nitrogens with zero attached hydrogens (tertiary/aromatic N) is 3. The predicted octanol–water partition coefficient (Wildman–Crippen LogP) is 2.50. The average molecular weight is 371 g/mol. The quantitative estimate of drug-likeness (QED) is 0.589. The Labute approximate surface area is 157 Å². The smallest absolute Gasteiger partial charge is 0.328 e. The molecule has 0 spiro atoms. The number of methoxy groups -OCH3 is 1. The number of fused-ring (bicyclic) bond motifs is 1. The number of aromatic amines is 1. The molecule has 3 aromatic rings. The van der Waals surface area contributed by atoms with E-state index in [1.165, 1.54) is 10.1 Å². The van der Waals surface area contributed by atoms with Crippen molar-refractivity contribution in [1.82, 2.24) is 19.5 Å². The molecule has 0 aliphatic rings. The molecule has 0 saturated heterocycles. The van der Waals surface area contributed by atoms with Gasteiger partial charge in [-0.3, -0.25) is 4.57 Å². The summed E-state index contributed by atoms with van der Waals surface area (Å²) in [6.07, 6.45) is 2.80. The molecule has 0 aliphatic carbocycles. The van der Waals surface area contributed by atoms with Gasteiger partial charge in [0.25, 0.3) is 0 Å². The Kier molecular flexibility index (Phi) is 5.63. The lowest BCUT2D eigenvalue weighted by atomic mass is 10.1. The maximum absolute atomic E-state index is 12.5. The van der Waals surface area contributed by atoms with E-state index in [-0.39, 0.29) is 17.5 Å². The van der Waals surface area contributed by atoms with Gasteiger partial charge in [-0.2, -0.15) is 9.97 Å². The summed E-state index contributed by atoms with van der Waals surface area (Å²) in [6, 6.07) is 6.15. The highest BCUT2D eigenvalue weighted by molar-refractivity contribution is 5.82. The number of unbranched alkanes of at least 4 members (excludes halogenated alkanes) is 1. The summed E-state index contributed by atoms with van der Waals surface area (Å²) in [5.41, 5.74) is 8.56. The summed E-state index contributed by atoms with van der Waals surface area (Å²) in [5, 5.41) is 0. The molecule has 2 aromatic heterocycles. The molecule has 0 atom stereocenters. The van der Waals surface area contributed by atoms with Crippen molar-refractivity contribution >= 4 is 17.0 Å². The first-order chi connectivity index (χ1) is 13.1. The number of nitrogen functional groups attached to an aromatic ring is 1. The first-order valence-electron chi connectivity index (χ1n) is 9.12. The Morgan fingerprint density at radius 2 is 2.07 bits per heavy atom. The molecule has 0 radical (unpaired) electrons. The summed E-state index contributed by atoms with van der Waals surface area (Å²) >= 11 is 0. The number of nitrogens with two attached hydrogens (primary N) is 1. The highest BCUT2D eigenvalue weighted by atomic mass is 16.5. The van der Waals surface area contributed by atoms with E-state index in [0.717, 1.165) is 30.6 Å². The number of hydrogen-bond acceptors (Lipinski definition) is 6. The number of aryl methyl sites for hydroxylation is 1. The van der Waals surface area contributed by atoms with E-state index in [0.29, 0.717) is 24.3 Å². The Morgan fingerprint density at radius 1 is 1.26 bits per heavy atom. The summed E-state index contributed by atoms with van der Waals surface area (Å²) in [7, 11) is 1.62. The number of imidazole rings is 1. The number of aromatic nitrogens is 4. The highest BCUT2D eigenvalue weighted by Gasteiger charge is 2.16. The predicted molar refractivity (Wildman–Crippen MR) is 104 cm³/mol. The lowest BCUT2D eigenvalue weighted by Crippen LogP contribution is -2.18. The van der Waals surface area contributed by atoms with Gasteiger partial charge < -0.3 is 20.2 Å². The molecule has 0 amide bonds. The maximum Gasteiger partial charge on any atom is 0.328 e. The fourth-order valence-electron chi connectivity index (χ4n) is 2.86. The van der Waals surface area contributed by atoms with Gasteiger partial charge in [0.1, 0.15) is 11.3 Å². The van der Waals surface area contributed by atoms with E-state index < -0.39 is 0 Å². The minimum Gasteiger partial charge on any atom is -0.496 e. The van der Waals surface area contributed by atoms with Gasteiger partial charge >= 0.3 is 11.7 Å². The number of rotatable bonds is 8. The van der Waals surface area contributed by atoms with Crippen LogP contribution in [-0.2, 0) is 13.0 Å². The number of nitrogens with one attached hydrogen (secondary N) is 1. The van der Waals surface area contributed by atoms with Crippen LogP contribution in [0.4, 0.5) is 5.82 Å². The minimum atomic E-state index is -0.307. The van der Waals surface area contributed by atoms with Crippen LogP contribution in [0, 0.1) is 0 Å². The zero-order valence-corrected chi connectivity index (χ0v) is 15.9. The van der Waals surface area contributed by atoms with Crippen LogP contribution in [0.1, 0.15) is 37.8 Å². The molecule has 0 saturated carbocycles. The topological polar surface area (TPSA) is 108 Å². The molecule has 0 aliphatic heterocycles. The van der Waals surface area contributed by atoms with Gasteiger partial charge in [0.2, 0.25) is 0 Å². The van der Waals surface area contributed by atoms with E-state index >= 15 is 0 Å². The monoisotopic (exact) mass is 371 g/mol. The van der Waals surface area contributed by atoms with Crippen molar-refractivity contribution in [3.8, 4) is 11.8 Å². The van der Waals surface area contributed by atoms with Crippen LogP contribution < -0.4 is 20.9 Å². The second-order valence-electron chi connectivity index (χ2n) is 6.31. The van der Waals surface area contributed by atoms with Gasteiger partial charge in [-0.25, -0.2) is 4.79 Å². The van der Waals surface area contributed by atoms with Gasteiger partial charge in [-0.05, 0) is 24.5 Å². The van der Waals surface area contributed by atoms with Crippen LogP contribution in [0.3, 0.4) is 0 Å². The second kappa shape index (κ2) is 8.11. The zero-order chi connectivity index (χ0) is 19.4. The number of ether oxygens (including phenoxy) is 2. The van der Waals surface area contributed by atoms with E-state index in [2.05, 4.69) is 28.8 Å². The molecule has 2 heterocycles. The molecule has 0 unspecified atom stereocenters. The summed E-state index contributed by atoms with van der Waals surface area (Å²) in [4.78, 5) is 23.7. The molecule has 3 rings (SSSR count). The van der Waals surface area contributed by atoms with Crippen molar-refractivity contribution in [2.24, 2.45) is 0 Å². The van der Waals surface area contributed by atoms with Crippen LogP contribution >= 0.6 is 0 Å². The van der Waals surface area contributed by atoms with E-state index in [9.17, 15) is 4.79 Å². The maximum atomic E-state index is 12.5. The van der Waals surface area contributed by atoms with Crippen molar-refractivity contribution in [3.05, 3.63) is 39.8 Å². The largest absolute Gasteiger partial charge is 0.496 e. The molecule has 3 N–H and O–H groups in total. The summed E-state index contributed by atoms with van der Waals surface area (Å²) < 4.78 is 12.6. The average Bonchev–Trinajstić information content (AvgIpc) is 2.98. The molecule has 1 aromatic carbocycles. The SMILES string of the molecule is CCCCOc1nc(N)c2[nH]c(=O)n(Cc3ccc(CC)cc3OC)c2n1. The van der Waals surface area contributed by atoms with Crippen LogP contribution in [0.5, 0.6) is 11.8 Å². The van der Waals surface area contributed by atoms with Crippen molar-refractivity contribution in [2.75, 3.05) is 19.5 Å². The first-order valence-corrected chi connectivity index (χ1v) is 9.12. The van der Waals surface area contributed by atoms with E-state index in [1.54, 1.807) is 7.11 Å². The number of anilines is 1. The van der Waals surface area contributed by atoms with Crippen molar-refractivity contribution in [1.29, 1.82) is 0 Å². The third kappa shape index (κ3) is 3.89. The third-order valence-electron chi connectivity index (χ3n) is 4.45. The van der Waals surface area contributed by atoms with E-state index in [4.69, 9.17) is 15.2 Å². The summed E-state index contributed by atoms with van der Waals surface area (Å²) in [5.74, 6) is 0.924. The molecule has 27 heavy (non-hydrogen) atoms. The molecule has 144 valence electrons. The van der Waals surface area contributed by atoms with Crippen molar-refractivity contribution < 1.29 is 9.47 Å². The fourth-order valence-corrected chi connectivity index (χ4v) is 2.86. The van der Waals surface area contributed by atoms with Gasteiger partial charge in [-0.15, -0.1) is 0 Å². The Balaban J connectivity index is 2.01. The van der Waals surface area contributed by atoms with Gasteiger partial charge in [0, 0.05) is 5.56 Å². The summed E-state index contributed by atoms with van der Waals surface area (Å²) in [6.45, 7) is 4.96. The van der Waals surface area contributed by atoms with Crippen molar-refractivity contribution in [3.63, 3.8) is 0 Å². The van der Waals surface area contributed by atoms with E-state index in [1.807, 2.05) is 18.2 Å². The highest BCUT2D eigenvalue weighted by Crippen LogP contribution is 2.24. The van der Waals surface area contributed by atoms with Gasteiger partial charge in [-0.1, -0.05) is 32.4 Å². The van der Waals surface area contributed by atoms with Crippen LogP contribution in [0.25, 0.3) is 11.2 Å². The molecule has 0 bridgehead atoms. The number of benzene rings is 1.